The maximum absolute atomic E-state index is 12.0. The Balaban J connectivity index is 1.96. The largest absolute Gasteiger partial charge is 0.435 e. The number of nitro groups is 1. The predicted molar refractivity (Wildman–Crippen MR) is 78.5 cm³/mol. The summed E-state index contributed by atoms with van der Waals surface area (Å²) in [5, 5.41) is 13.2. The number of ether oxygens (including phenoxy) is 1. The molecule has 23 heavy (non-hydrogen) atoms. The molecular formula is C15H12F2N2O4. The number of amides is 1. The number of anilines is 1. The van der Waals surface area contributed by atoms with Gasteiger partial charge in [-0.15, -0.1) is 0 Å². The van der Waals surface area contributed by atoms with Gasteiger partial charge in [0.05, 0.1) is 11.3 Å². The van der Waals surface area contributed by atoms with E-state index in [1.807, 2.05) is 0 Å². The zero-order valence-electron chi connectivity index (χ0n) is 11.7. The van der Waals surface area contributed by atoms with Crippen LogP contribution >= 0.6 is 0 Å². The molecule has 0 fully saturated rings. The summed E-state index contributed by atoms with van der Waals surface area (Å²) in [5.74, 6) is -0.379. The lowest BCUT2D eigenvalue weighted by Gasteiger charge is -2.07. The van der Waals surface area contributed by atoms with Gasteiger partial charge in [0.1, 0.15) is 5.75 Å². The first-order valence-corrected chi connectivity index (χ1v) is 6.52. The monoisotopic (exact) mass is 322 g/mol. The lowest BCUT2D eigenvalue weighted by molar-refractivity contribution is -0.384. The molecule has 8 heteroatoms. The van der Waals surface area contributed by atoms with E-state index in [1.165, 1.54) is 48.5 Å². The van der Waals surface area contributed by atoms with Gasteiger partial charge in [0.15, 0.2) is 0 Å². The van der Waals surface area contributed by atoms with E-state index < -0.39 is 11.5 Å². The van der Waals surface area contributed by atoms with E-state index in [-0.39, 0.29) is 23.8 Å². The van der Waals surface area contributed by atoms with E-state index in [4.69, 9.17) is 0 Å². The normalized spacial score (nSPS) is 10.4. The SMILES string of the molecule is O=C(Cc1ccc(OC(F)F)cc1)Nc1cccc([N+](=O)[O-])c1. The van der Waals surface area contributed by atoms with Gasteiger partial charge in [-0.1, -0.05) is 18.2 Å². The fraction of sp³-hybridized carbons (Fsp3) is 0.133. The maximum Gasteiger partial charge on any atom is 0.387 e. The number of hydrogen-bond donors (Lipinski definition) is 1. The Morgan fingerprint density at radius 2 is 1.91 bits per heavy atom. The van der Waals surface area contributed by atoms with Gasteiger partial charge in [-0.3, -0.25) is 14.9 Å². The third kappa shape index (κ3) is 5.03. The number of hydrogen-bond acceptors (Lipinski definition) is 4. The molecule has 0 spiro atoms. The Bertz CT molecular complexity index is 705. The number of carbonyl (C=O) groups is 1. The van der Waals surface area contributed by atoms with Gasteiger partial charge in [0.2, 0.25) is 5.91 Å². The second-order valence-electron chi connectivity index (χ2n) is 4.55. The quantitative estimate of drug-likeness (QED) is 0.653. The third-order valence-corrected chi connectivity index (χ3v) is 2.85. The van der Waals surface area contributed by atoms with Gasteiger partial charge in [-0.05, 0) is 23.8 Å². The van der Waals surface area contributed by atoms with Crippen LogP contribution in [0.1, 0.15) is 5.56 Å². The van der Waals surface area contributed by atoms with Gasteiger partial charge in [-0.25, -0.2) is 0 Å². The predicted octanol–water partition coefficient (Wildman–Crippen LogP) is 3.38. The molecule has 0 bridgehead atoms. The molecule has 0 heterocycles. The summed E-state index contributed by atoms with van der Waals surface area (Å²) in [6.07, 6.45) is -0.00233. The molecule has 0 aliphatic rings. The van der Waals surface area contributed by atoms with Crippen LogP contribution in [-0.2, 0) is 11.2 Å². The fourth-order valence-corrected chi connectivity index (χ4v) is 1.88. The minimum Gasteiger partial charge on any atom is -0.435 e. The highest BCUT2D eigenvalue weighted by molar-refractivity contribution is 5.92. The van der Waals surface area contributed by atoms with Crippen molar-refractivity contribution in [3.63, 3.8) is 0 Å². The second kappa shape index (κ2) is 7.30. The Morgan fingerprint density at radius 1 is 1.22 bits per heavy atom. The van der Waals surface area contributed by atoms with Gasteiger partial charge < -0.3 is 10.1 Å². The summed E-state index contributed by atoms with van der Waals surface area (Å²) in [6, 6.07) is 11.2. The van der Waals surface area contributed by atoms with Gasteiger partial charge >= 0.3 is 6.61 Å². The van der Waals surface area contributed by atoms with Crippen LogP contribution in [0.2, 0.25) is 0 Å². The molecule has 1 N–H and O–H groups in total. The van der Waals surface area contributed by atoms with E-state index in [0.29, 0.717) is 11.3 Å². The van der Waals surface area contributed by atoms with Crippen molar-refractivity contribution in [2.24, 2.45) is 0 Å². The lowest BCUT2D eigenvalue weighted by Crippen LogP contribution is -2.14. The zero-order chi connectivity index (χ0) is 16.8. The summed E-state index contributed by atoms with van der Waals surface area (Å²) < 4.78 is 28.3. The van der Waals surface area contributed by atoms with Crippen molar-refractivity contribution in [3.8, 4) is 5.75 Å². The lowest BCUT2D eigenvalue weighted by atomic mass is 10.1. The van der Waals surface area contributed by atoms with Crippen LogP contribution in [0.3, 0.4) is 0 Å². The van der Waals surface area contributed by atoms with E-state index >= 15 is 0 Å². The standard InChI is InChI=1S/C15H12F2N2O4/c16-15(17)23-13-6-4-10(5-7-13)8-14(20)18-11-2-1-3-12(9-11)19(21)22/h1-7,9,15H,8H2,(H,18,20). The molecule has 0 radical (unpaired) electrons. The van der Waals surface area contributed by atoms with Crippen LogP contribution in [-0.4, -0.2) is 17.4 Å². The molecule has 0 unspecified atom stereocenters. The molecule has 0 atom stereocenters. The van der Waals surface area contributed by atoms with E-state index in [0.717, 1.165) is 0 Å². The van der Waals surface area contributed by atoms with Crippen molar-refractivity contribution in [3.05, 3.63) is 64.2 Å². The number of halogens is 2. The molecule has 0 aromatic heterocycles. The number of rotatable bonds is 6. The van der Waals surface area contributed by atoms with Gasteiger partial charge in [-0.2, -0.15) is 8.78 Å². The average Bonchev–Trinajstić information content (AvgIpc) is 2.49. The van der Waals surface area contributed by atoms with E-state index in [1.54, 1.807) is 0 Å². The van der Waals surface area contributed by atoms with Crippen molar-refractivity contribution in [2.45, 2.75) is 13.0 Å². The number of benzene rings is 2. The smallest absolute Gasteiger partial charge is 0.387 e. The van der Waals surface area contributed by atoms with Crippen molar-refractivity contribution in [2.75, 3.05) is 5.32 Å². The van der Waals surface area contributed by atoms with Crippen LogP contribution in [0.4, 0.5) is 20.2 Å². The minimum atomic E-state index is -2.90. The van der Waals surface area contributed by atoms with Crippen molar-refractivity contribution in [1.29, 1.82) is 0 Å². The van der Waals surface area contributed by atoms with Crippen LogP contribution in [0, 0.1) is 10.1 Å². The number of nitrogens with one attached hydrogen (secondary N) is 1. The molecule has 6 nitrogen and oxygen atoms in total. The minimum absolute atomic E-state index is 0.00233. The molecule has 2 aromatic carbocycles. The Labute approximate surface area is 129 Å². The zero-order valence-corrected chi connectivity index (χ0v) is 11.7. The van der Waals surface area contributed by atoms with Crippen LogP contribution in [0.15, 0.2) is 48.5 Å². The van der Waals surface area contributed by atoms with Gasteiger partial charge in [0.25, 0.3) is 5.69 Å². The highest BCUT2D eigenvalue weighted by Gasteiger charge is 2.09. The molecular weight excluding hydrogens is 310 g/mol. The maximum atomic E-state index is 12.0. The molecule has 120 valence electrons. The fourth-order valence-electron chi connectivity index (χ4n) is 1.88. The number of nitrogens with zero attached hydrogens (tertiary/aromatic N) is 1. The number of nitro benzene ring substituents is 1. The molecule has 1 amide bonds. The number of non-ortho nitro benzene ring substituents is 1. The van der Waals surface area contributed by atoms with Crippen LogP contribution in [0.25, 0.3) is 0 Å². The summed E-state index contributed by atoms with van der Waals surface area (Å²) >= 11 is 0. The number of carbonyl (C=O) groups excluding carboxylic acids is 1. The summed E-state index contributed by atoms with van der Waals surface area (Å²) in [5.41, 5.74) is 0.771. The van der Waals surface area contributed by atoms with Crippen LogP contribution in [0.5, 0.6) is 5.75 Å². The Hall–Kier alpha value is -3.03. The highest BCUT2D eigenvalue weighted by atomic mass is 19.3. The first-order valence-electron chi connectivity index (χ1n) is 6.52. The summed E-state index contributed by atoms with van der Waals surface area (Å²) in [6.45, 7) is -2.90. The summed E-state index contributed by atoms with van der Waals surface area (Å²) in [7, 11) is 0. The van der Waals surface area contributed by atoms with Gasteiger partial charge in [0, 0.05) is 17.8 Å². The third-order valence-electron chi connectivity index (χ3n) is 2.85. The first kappa shape index (κ1) is 16.3. The number of alkyl halides is 2. The molecule has 0 saturated heterocycles. The van der Waals surface area contributed by atoms with E-state index in [9.17, 15) is 23.7 Å². The molecule has 0 aliphatic heterocycles. The molecule has 0 saturated carbocycles. The average molecular weight is 322 g/mol. The van der Waals surface area contributed by atoms with Crippen molar-refractivity contribution < 1.29 is 23.2 Å². The highest BCUT2D eigenvalue weighted by Crippen LogP contribution is 2.18. The van der Waals surface area contributed by atoms with Crippen molar-refractivity contribution >= 4 is 17.3 Å². The Morgan fingerprint density at radius 3 is 2.52 bits per heavy atom. The van der Waals surface area contributed by atoms with Crippen LogP contribution < -0.4 is 10.1 Å². The second-order valence-corrected chi connectivity index (χ2v) is 4.55. The Kier molecular flexibility index (Phi) is 5.19. The molecule has 2 rings (SSSR count). The topological polar surface area (TPSA) is 81.5 Å². The summed E-state index contributed by atoms with van der Waals surface area (Å²) in [4.78, 5) is 22.0. The van der Waals surface area contributed by atoms with Crippen molar-refractivity contribution in [1.82, 2.24) is 0 Å². The first-order chi connectivity index (χ1) is 10.9. The molecule has 2 aromatic rings. The molecule has 0 aliphatic carbocycles. The van der Waals surface area contributed by atoms with E-state index in [2.05, 4.69) is 10.1 Å².